The average Bonchev–Trinajstić information content (AvgIpc) is 3.40. The van der Waals surface area contributed by atoms with Crippen molar-refractivity contribution in [3.63, 3.8) is 0 Å². The number of nitrogens with zero attached hydrogens (tertiary/aromatic N) is 2. The van der Waals surface area contributed by atoms with Crippen LogP contribution in [-0.4, -0.2) is 82.0 Å². The first kappa shape index (κ1) is 30.7. The smallest absolute Gasteiger partial charge is 0.374 e. The summed E-state index contributed by atoms with van der Waals surface area (Å²) >= 11 is 1.39. The van der Waals surface area contributed by atoms with Crippen LogP contribution in [-0.2, 0) is 25.6 Å². The van der Waals surface area contributed by atoms with Gasteiger partial charge in [-0.25, -0.2) is 9.59 Å². The maximum atomic E-state index is 14.1. The highest BCUT2D eigenvalue weighted by Gasteiger charge is 2.46. The van der Waals surface area contributed by atoms with Gasteiger partial charge in [0.05, 0.1) is 0 Å². The number of carboxylic acids is 1. The van der Waals surface area contributed by atoms with Crippen LogP contribution < -0.4 is 10.6 Å². The molecule has 1 aliphatic heterocycles. The van der Waals surface area contributed by atoms with E-state index in [1.807, 2.05) is 51.1 Å². The Hall–Kier alpha value is -3.86. The fraction of sp³-hybridized carbons (Fsp3) is 0.414. The Kier molecular flexibility index (Phi) is 10.7. The van der Waals surface area contributed by atoms with Crippen molar-refractivity contribution in [1.82, 2.24) is 20.4 Å². The van der Waals surface area contributed by atoms with Crippen LogP contribution in [0.1, 0.15) is 37.3 Å². The molecule has 1 fully saturated rings. The molecule has 2 aromatic rings. The van der Waals surface area contributed by atoms with E-state index in [1.165, 1.54) is 21.6 Å². The van der Waals surface area contributed by atoms with E-state index in [0.717, 1.165) is 5.56 Å². The summed E-state index contributed by atoms with van der Waals surface area (Å²) in [5.41, 5.74) is 1.49. The molecule has 3 N–H and O–H groups in total. The average molecular weight is 569 g/mol. The van der Waals surface area contributed by atoms with Gasteiger partial charge in [0.25, 0.3) is 5.78 Å². The van der Waals surface area contributed by atoms with E-state index in [0.29, 0.717) is 12.1 Å². The third-order valence-corrected chi connectivity index (χ3v) is 8.12. The number of hydrogen-bond acceptors (Lipinski definition) is 6. The summed E-state index contributed by atoms with van der Waals surface area (Å²) in [6.45, 7) is 5.89. The van der Waals surface area contributed by atoms with E-state index in [-0.39, 0.29) is 18.1 Å². The number of hydrogen-bond donors (Lipinski definition) is 3. The number of carboxylic acid groups (broad SMARTS) is 1. The molecule has 40 heavy (non-hydrogen) atoms. The maximum Gasteiger partial charge on any atom is 0.374 e. The summed E-state index contributed by atoms with van der Waals surface area (Å²) in [5, 5.41) is 14.3. The molecular weight excluding hydrogens is 532 g/mol. The van der Waals surface area contributed by atoms with Crippen molar-refractivity contribution in [2.24, 2.45) is 5.92 Å². The Labute approximate surface area is 238 Å². The topological polar surface area (TPSA) is 136 Å². The molecule has 11 heteroatoms. The monoisotopic (exact) mass is 568 g/mol. The minimum atomic E-state index is -1.65. The molecule has 0 aromatic heterocycles. The molecule has 4 atom stereocenters. The number of carbonyl (C=O) groups excluding carboxylic acids is 4. The molecule has 3 rings (SSSR count). The lowest BCUT2D eigenvalue weighted by atomic mass is 10.00. The van der Waals surface area contributed by atoms with Crippen molar-refractivity contribution in [3.8, 4) is 0 Å². The van der Waals surface area contributed by atoms with Crippen molar-refractivity contribution in [2.75, 3.05) is 19.3 Å². The van der Waals surface area contributed by atoms with Crippen molar-refractivity contribution in [2.45, 2.75) is 50.7 Å². The molecule has 0 aliphatic carbocycles. The molecule has 10 nitrogen and oxygen atoms in total. The number of aliphatic carboxylic acids is 1. The van der Waals surface area contributed by atoms with Gasteiger partial charge in [-0.05, 0) is 24.0 Å². The quantitative estimate of drug-likeness (QED) is 0.355. The van der Waals surface area contributed by atoms with Crippen LogP contribution in [0.2, 0.25) is 0 Å². The minimum absolute atomic E-state index is 0.0122. The van der Waals surface area contributed by atoms with E-state index >= 15 is 0 Å². The van der Waals surface area contributed by atoms with Gasteiger partial charge in [-0.3, -0.25) is 14.4 Å². The third-order valence-electron chi connectivity index (χ3n) is 6.80. The van der Waals surface area contributed by atoms with Gasteiger partial charge < -0.3 is 25.5 Å². The van der Waals surface area contributed by atoms with Gasteiger partial charge in [-0.1, -0.05) is 74.5 Å². The summed E-state index contributed by atoms with van der Waals surface area (Å²) in [7, 11) is 1.62. The van der Waals surface area contributed by atoms with Crippen LogP contribution in [0.3, 0.4) is 0 Å². The Morgan fingerprint density at radius 1 is 1.00 bits per heavy atom. The third kappa shape index (κ3) is 7.41. The van der Waals surface area contributed by atoms with Crippen molar-refractivity contribution in [1.29, 1.82) is 0 Å². The van der Waals surface area contributed by atoms with Crippen LogP contribution in [0.4, 0.5) is 4.79 Å². The molecule has 214 valence electrons. The first-order valence-electron chi connectivity index (χ1n) is 13.2. The number of thioether (sulfide) groups is 1. The van der Waals surface area contributed by atoms with E-state index in [1.54, 1.807) is 37.4 Å². The minimum Gasteiger partial charge on any atom is -0.475 e. The number of ketones is 1. The fourth-order valence-electron chi connectivity index (χ4n) is 4.39. The van der Waals surface area contributed by atoms with Gasteiger partial charge in [0.15, 0.2) is 0 Å². The highest BCUT2D eigenvalue weighted by molar-refractivity contribution is 7.99. The van der Waals surface area contributed by atoms with E-state index in [2.05, 4.69) is 10.6 Å². The molecule has 0 spiro atoms. The first-order valence-corrected chi connectivity index (χ1v) is 14.2. The zero-order chi connectivity index (χ0) is 29.4. The van der Waals surface area contributed by atoms with Crippen LogP contribution >= 0.6 is 11.8 Å². The van der Waals surface area contributed by atoms with E-state index in [4.69, 9.17) is 0 Å². The Morgan fingerprint density at radius 2 is 1.60 bits per heavy atom. The Morgan fingerprint density at radius 3 is 2.15 bits per heavy atom. The number of nitrogens with one attached hydrogen (secondary N) is 2. The van der Waals surface area contributed by atoms with Gasteiger partial charge >= 0.3 is 12.0 Å². The number of Topliss-reactive ketones (excluding diaryl/α,β-unsaturated/α-hetero) is 1. The molecule has 1 saturated heterocycles. The number of rotatable bonds is 11. The van der Waals surface area contributed by atoms with Crippen molar-refractivity contribution >= 4 is 41.4 Å². The number of benzene rings is 2. The predicted molar refractivity (Wildman–Crippen MR) is 152 cm³/mol. The fourth-order valence-corrected chi connectivity index (χ4v) is 5.83. The highest BCUT2D eigenvalue weighted by Crippen LogP contribution is 2.42. The molecule has 0 radical (unpaired) electrons. The normalized spacial score (nSPS) is 18.1. The second-order valence-corrected chi connectivity index (χ2v) is 11.1. The summed E-state index contributed by atoms with van der Waals surface area (Å²) in [6, 6.07) is 14.4. The standard InChI is InChI=1S/C29H36N4O6S/c1-5-32(4)29(39)31-23(18(2)3)26(36)33-22(17-40-27(33)20-14-10-7-11-15-20)25(35)30-21(24(34)28(37)38)16-19-12-8-6-9-13-19/h6-15,18,21-23,27H,5,16-17H2,1-4H3,(H,30,35)(H,31,39)(H,37,38)/t21-,22-,23-,27?/m0/s1. The summed E-state index contributed by atoms with van der Waals surface area (Å²) in [5.74, 6) is -3.92. The SMILES string of the molecule is CCN(C)C(=O)N[C@H](C(=O)N1C(c2ccccc2)SC[C@H]1C(=O)N[C@@H](Cc1ccccc1)C(=O)C(=O)O)C(C)C. The lowest BCUT2D eigenvalue weighted by Crippen LogP contribution is -2.59. The lowest BCUT2D eigenvalue weighted by Gasteiger charge is -2.35. The molecule has 1 heterocycles. The van der Waals surface area contributed by atoms with Gasteiger partial charge in [-0.15, -0.1) is 11.8 Å². The first-order chi connectivity index (χ1) is 19.0. The van der Waals surface area contributed by atoms with Crippen molar-refractivity contribution < 1.29 is 29.1 Å². The van der Waals surface area contributed by atoms with Crippen LogP contribution in [0.15, 0.2) is 60.7 Å². The second-order valence-electron chi connectivity index (χ2n) is 9.96. The second kappa shape index (κ2) is 14.0. The molecular formula is C29H36N4O6S. The number of amides is 4. The highest BCUT2D eigenvalue weighted by atomic mass is 32.2. The zero-order valence-electron chi connectivity index (χ0n) is 23.1. The molecule has 2 aromatic carbocycles. The molecule has 0 saturated carbocycles. The van der Waals surface area contributed by atoms with E-state index in [9.17, 15) is 29.1 Å². The van der Waals surface area contributed by atoms with Gasteiger partial charge in [0.1, 0.15) is 23.5 Å². The molecule has 1 unspecified atom stereocenters. The molecule has 1 aliphatic rings. The number of urea groups is 1. The zero-order valence-corrected chi connectivity index (χ0v) is 23.9. The largest absolute Gasteiger partial charge is 0.475 e. The van der Waals surface area contributed by atoms with Crippen LogP contribution in [0.25, 0.3) is 0 Å². The van der Waals surface area contributed by atoms with Crippen molar-refractivity contribution in [3.05, 3.63) is 71.8 Å². The summed E-state index contributed by atoms with van der Waals surface area (Å²) in [4.78, 5) is 67.5. The predicted octanol–water partition coefficient (Wildman–Crippen LogP) is 2.70. The summed E-state index contributed by atoms with van der Waals surface area (Å²) < 4.78 is 0. The van der Waals surface area contributed by atoms with Crippen LogP contribution in [0, 0.1) is 5.92 Å². The Balaban J connectivity index is 1.94. The Bertz CT molecular complexity index is 1210. The van der Waals surface area contributed by atoms with Gasteiger partial charge in [0, 0.05) is 25.8 Å². The number of carbonyl (C=O) groups is 5. The summed E-state index contributed by atoms with van der Waals surface area (Å²) in [6.07, 6.45) is -0.0122. The maximum absolute atomic E-state index is 14.1. The van der Waals surface area contributed by atoms with Gasteiger partial charge in [0.2, 0.25) is 11.8 Å². The van der Waals surface area contributed by atoms with Gasteiger partial charge in [-0.2, -0.15) is 0 Å². The van der Waals surface area contributed by atoms with E-state index < -0.39 is 53.1 Å². The molecule has 0 bridgehead atoms. The van der Waals surface area contributed by atoms with Crippen LogP contribution in [0.5, 0.6) is 0 Å². The molecule has 4 amide bonds. The lowest BCUT2D eigenvalue weighted by molar-refractivity contribution is -0.151.